The van der Waals surface area contributed by atoms with Gasteiger partial charge in [-0.1, -0.05) is 11.6 Å². The zero-order chi connectivity index (χ0) is 25.9. The fourth-order valence-electron chi connectivity index (χ4n) is 4.01. The van der Waals surface area contributed by atoms with Crippen molar-refractivity contribution in [2.24, 2.45) is 0 Å². The van der Waals surface area contributed by atoms with Crippen molar-refractivity contribution in [3.63, 3.8) is 0 Å². The van der Waals surface area contributed by atoms with Gasteiger partial charge in [0.1, 0.15) is 0 Å². The number of esters is 1. The van der Waals surface area contributed by atoms with E-state index < -0.39 is 5.97 Å². The first kappa shape index (κ1) is 25.1. The first-order valence-corrected chi connectivity index (χ1v) is 13.0. The molecule has 1 aliphatic rings. The highest BCUT2D eigenvalue weighted by Gasteiger charge is 2.21. The summed E-state index contributed by atoms with van der Waals surface area (Å²) < 4.78 is 11.6. The second-order valence-corrected chi connectivity index (χ2v) is 10.0. The first-order chi connectivity index (χ1) is 17.9. The number of anilines is 3. The quantitative estimate of drug-likeness (QED) is 0.272. The normalized spacial score (nSPS) is 13.6. The Morgan fingerprint density at radius 1 is 1.22 bits per heavy atom. The van der Waals surface area contributed by atoms with Crippen molar-refractivity contribution in [1.29, 1.82) is 0 Å². The fraction of sp³-hybridized carbons (Fsp3) is 0.320. The molecule has 4 aromatic rings. The Bertz CT molecular complexity index is 1420. The maximum Gasteiger partial charge on any atom is 0.341 e. The second kappa shape index (κ2) is 10.8. The van der Waals surface area contributed by atoms with Crippen LogP contribution in [0, 0.1) is 0 Å². The van der Waals surface area contributed by atoms with Crippen molar-refractivity contribution in [2.75, 3.05) is 55.5 Å². The molecule has 192 valence electrons. The minimum absolute atomic E-state index is 0.300. The monoisotopic (exact) mass is 539 g/mol. The molecule has 0 atom stereocenters. The van der Waals surface area contributed by atoms with Crippen LogP contribution in [0.15, 0.2) is 36.7 Å². The van der Waals surface area contributed by atoms with E-state index in [1.165, 1.54) is 12.4 Å². The van der Waals surface area contributed by atoms with E-state index in [-0.39, 0.29) is 0 Å². The lowest BCUT2D eigenvalue weighted by molar-refractivity contribution is 0.0525. The molecule has 0 spiro atoms. The molecule has 1 saturated heterocycles. The molecule has 37 heavy (non-hydrogen) atoms. The van der Waals surface area contributed by atoms with Crippen LogP contribution in [0.3, 0.4) is 0 Å². The lowest BCUT2D eigenvalue weighted by Crippen LogP contribution is -2.36. The minimum Gasteiger partial charge on any atom is -0.462 e. The summed E-state index contributed by atoms with van der Waals surface area (Å²) in [4.78, 5) is 35.6. The molecule has 4 heterocycles. The van der Waals surface area contributed by atoms with E-state index >= 15 is 0 Å². The molecule has 0 unspecified atom stereocenters. The highest BCUT2D eigenvalue weighted by atomic mass is 35.5. The summed E-state index contributed by atoms with van der Waals surface area (Å²) in [6, 6.07) is 7.41. The van der Waals surface area contributed by atoms with Crippen LogP contribution in [-0.2, 0) is 16.0 Å². The molecule has 0 bridgehead atoms. The number of halogens is 1. The number of aromatic nitrogens is 4. The number of morpholine rings is 1. The summed E-state index contributed by atoms with van der Waals surface area (Å²) in [6.45, 7) is 5.39. The number of nitrogen functional groups attached to an aromatic ring is 1. The highest BCUT2D eigenvalue weighted by Crippen LogP contribution is 2.36. The van der Waals surface area contributed by atoms with Gasteiger partial charge in [0.2, 0.25) is 5.95 Å². The number of ether oxygens (including phenoxy) is 2. The van der Waals surface area contributed by atoms with Crippen LogP contribution in [0.4, 0.5) is 17.5 Å². The van der Waals surface area contributed by atoms with E-state index in [1.54, 1.807) is 30.4 Å². The molecule has 0 amide bonds. The van der Waals surface area contributed by atoms with Crippen molar-refractivity contribution in [3.05, 3.63) is 52.1 Å². The van der Waals surface area contributed by atoms with Gasteiger partial charge in [-0.15, -0.1) is 11.3 Å². The maximum atomic E-state index is 11.9. The standard InChI is InChI=1S/C25H26ClN7O3S/c1-3-36-24(34)15-12-28-25(29-13-15)32(2)14-17-11-20-21(37-17)23(33-6-8-35-9-7-33)31-22(30-20)18-5-4-16(27)10-19(18)26/h4-5,10-13H,3,6-9,14,27H2,1-2H3. The molecule has 3 aromatic heterocycles. The van der Waals surface area contributed by atoms with Gasteiger partial charge in [0, 0.05) is 48.7 Å². The Kier molecular flexibility index (Phi) is 7.36. The summed E-state index contributed by atoms with van der Waals surface area (Å²) in [7, 11) is 1.90. The number of benzene rings is 1. The molecule has 0 aliphatic carbocycles. The van der Waals surface area contributed by atoms with Crippen LogP contribution in [0.1, 0.15) is 22.2 Å². The van der Waals surface area contributed by atoms with Crippen LogP contribution in [0.5, 0.6) is 0 Å². The summed E-state index contributed by atoms with van der Waals surface area (Å²) in [6.07, 6.45) is 2.96. The summed E-state index contributed by atoms with van der Waals surface area (Å²) >= 11 is 8.14. The van der Waals surface area contributed by atoms with Crippen molar-refractivity contribution in [1.82, 2.24) is 19.9 Å². The predicted molar refractivity (Wildman–Crippen MR) is 145 cm³/mol. The summed E-state index contributed by atoms with van der Waals surface area (Å²) in [5.41, 5.74) is 8.37. The van der Waals surface area contributed by atoms with Gasteiger partial charge in [-0.3, -0.25) is 0 Å². The van der Waals surface area contributed by atoms with E-state index in [0.717, 1.165) is 39.6 Å². The molecule has 10 nitrogen and oxygen atoms in total. The average molecular weight is 540 g/mol. The molecule has 2 N–H and O–H groups in total. The Labute approximate surface area is 223 Å². The Morgan fingerprint density at radius 3 is 2.68 bits per heavy atom. The predicted octanol–water partition coefficient (Wildman–Crippen LogP) is 4.03. The molecule has 1 aliphatic heterocycles. The number of thiophene rings is 1. The molecule has 5 rings (SSSR count). The van der Waals surface area contributed by atoms with Crippen molar-refractivity contribution < 1.29 is 14.3 Å². The van der Waals surface area contributed by atoms with E-state index in [1.807, 2.05) is 18.0 Å². The number of carbonyl (C=O) groups excluding carboxylic acids is 1. The second-order valence-electron chi connectivity index (χ2n) is 8.48. The number of nitrogens with zero attached hydrogens (tertiary/aromatic N) is 6. The third-order valence-corrected chi connectivity index (χ3v) is 7.25. The highest BCUT2D eigenvalue weighted by molar-refractivity contribution is 7.19. The van der Waals surface area contributed by atoms with Gasteiger partial charge >= 0.3 is 5.97 Å². The number of hydrogen-bond donors (Lipinski definition) is 1. The van der Waals surface area contributed by atoms with Gasteiger partial charge in [0.15, 0.2) is 11.6 Å². The number of rotatable bonds is 7. The molecular weight excluding hydrogens is 514 g/mol. The van der Waals surface area contributed by atoms with Crippen LogP contribution >= 0.6 is 22.9 Å². The molecule has 1 fully saturated rings. The summed E-state index contributed by atoms with van der Waals surface area (Å²) in [5, 5.41) is 0.505. The Hall–Kier alpha value is -3.54. The first-order valence-electron chi connectivity index (χ1n) is 11.8. The zero-order valence-electron chi connectivity index (χ0n) is 20.5. The number of nitrogens with two attached hydrogens (primary N) is 1. The zero-order valence-corrected chi connectivity index (χ0v) is 22.1. The third-order valence-electron chi connectivity index (χ3n) is 5.83. The van der Waals surface area contributed by atoms with Gasteiger partial charge in [-0.2, -0.15) is 0 Å². The molecule has 0 radical (unpaired) electrons. The van der Waals surface area contributed by atoms with Crippen molar-refractivity contribution in [3.8, 4) is 11.4 Å². The fourth-order valence-corrected chi connectivity index (χ4v) is 5.45. The van der Waals surface area contributed by atoms with Gasteiger partial charge in [-0.05, 0) is 31.2 Å². The number of fused-ring (bicyclic) bond motifs is 1. The van der Waals surface area contributed by atoms with E-state index in [4.69, 9.17) is 36.8 Å². The molecule has 1 aromatic carbocycles. The van der Waals surface area contributed by atoms with E-state index in [2.05, 4.69) is 20.9 Å². The van der Waals surface area contributed by atoms with Crippen LogP contribution in [0.25, 0.3) is 21.6 Å². The average Bonchev–Trinajstić information content (AvgIpc) is 3.31. The maximum absolute atomic E-state index is 11.9. The van der Waals surface area contributed by atoms with E-state index in [0.29, 0.717) is 54.4 Å². The van der Waals surface area contributed by atoms with Gasteiger partial charge in [0.25, 0.3) is 0 Å². The number of hydrogen-bond acceptors (Lipinski definition) is 11. The third kappa shape index (κ3) is 5.43. The summed E-state index contributed by atoms with van der Waals surface area (Å²) in [5.74, 6) is 1.48. The van der Waals surface area contributed by atoms with Crippen molar-refractivity contribution in [2.45, 2.75) is 13.5 Å². The minimum atomic E-state index is -0.438. The van der Waals surface area contributed by atoms with Crippen LogP contribution in [-0.4, -0.2) is 65.9 Å². The topological polar surface area (TPSA) is 120 Å². The molecular formula is C25H26ClN7O3S. The number of carbonyl (C=O) groups is 1. The Balaban J connectivity index is 1.47. The SMILES string of the molecule is CCOC(=O)c1cnc(N(C)Cc2cc3nc(-c4ccc(N)cc4Cl)nc(N4CCOCC4)c3s2)nc1. The lowest BCUT2D eigenvalue weighted by Gasteiger charge is -2.28. The smallest absolute Gasteiger partial charge is 0.341 e. The van der Waals surface area contributed by atoms with E-state index in [9.17, 15) is 4.79 Å². The van der Waals surface area contributed by atoms with Crippen molar-refractivity contribution >= 4 is 56.6 Å². The molecule has 0 saturated carbocycles. The van der Waals surface area contributed by atoms with Gasteiger partial charge in [0.05, 0.1) is 47.2 Å². The van der Waals surface area contributed by atoms with Gasteiger partial charge in [-0.25, -0.2) is 24.7 Å². The Morgan fingerprint density at radius 2 is 1.97 bits per heavy atom. The van der Waals surface area contributed by atoms with Crippen LogP contribution in [0.2, 0.25) is 5.02 Å². The van der Waals surface area contributed by atoms with Crippen LogP contribution < -0.4 is 15.5 Å². The lowest BCUT2D eigenvalue weighted by atomic mass is 10.2. The van der Waals surface area contributed by atoms with Gasteiger partial charge < -0.3 is 25.0 Å². The molecule has 12 heteroatoms. The largest absolute Gasteiger partial charge is 0.462 e.